The van der Waals surface area contributed by atoms with Crippen molar-refractivity contribution in [3.8, 4) is 11.4 Å². The number of halogens is 2. The molecule has 2 heterocycles. The molecular formula is C19H13BrClN3OS2. The van der Waals surface area contributed by atoms with Gasteiger partial charge in [-0.2, -0.15) is 0 Å². The van der Waals surface area contributed by atoms with Gasteiger partial charge < -0.3 is 0 Å². The molecule has 0 saturated heterocycles. The number of fused-ring (bicyclic) bond motifs is 1. The highest BCUT2D eigenvalue weighted by atomic mass is 79.9. The first-order chi connectivity index (χ1) is 13.0. The molecule has 0 aliphatic carbocycles. The van der Waals surface area contributed by atoms with E-state index in [1.807, 2.05) is 49.4 Å². The smallest absolute Gasteiger partial charge is 0.275 e. The fourth-order valence-electron chi connectivity index (χ4n) is 2.99. The Morgan fingerprint density at radius 1 is 1.19 bits per heavy atom. The Labute approximate surface area is 177 Å². The first-order valence-corrected chi connectivity index (χ1v) is 10.8. The highest BCUT2D eigenvalue weighted by molar-refractivity contribution is 9.08. The Morgan fingerprint density at radius 2 is 1.96 bits per heavy atom. The molecular weight excluding hydrogens is 466 g/mol. The summed E-state index contributed by atoms with van der Waals surface area (Å²) < 4.78 is 4.53. The largest absolute Gasteiger partial charge is 0.277 e. The van der Waals surface area contributed by atoms with Gasteiger partial charge in [-0.05, 0) is 49.0 Å². The second kappa shape index (κ2) is 7.31. The highest BCUT2D eigenvalue weighted by Crippen LogP contribution is 2.26. The average Bonchev–Trinajstić information content (AvgIpc) is 2.99. The van der Waals surface area contributed by atoms with Gasteiger partial charge >= 0.3 is 0 Å². The third-order valence-corrected chi connectivity index (χ3v) is 6.31. The van der Waals surface area contributed by atoms with Gasteiger partial charge in [0.05, 0.1) is 16.7 Å². The summed E-state index contributed by atoms with van der Waals surface area (Å²) in [5.74, 6) is 0.616. The minimum atomic E-state index is -0.124. The predicted molar refractivity (Wildman–Crippen MR) is 118 cm³/mol. The molecule has 0 atom stereocenters. The molecule has 8 heteroatoms. The van der Waals surface area contributed by atoms with Crippen molar-refractivity contribution < 1.29 is 0 Å². The van der Waals surface area contributed by atoms with Gasteiger partial charge in [-0.3, -0.25) is 13.9 Å². The number of aromatic nitrogens is 3. The van der Waals surface area contributed by atoms with Crippen molar-refractivity contribution >= 4 is 61.4 Å². The lowest BCUT2D eigenvalue weighted by Gasteiger charge is -2.13. The lowest BCUT2D eigenvalue weighted by molar-refractivity contribution is 0.872. The second-order valence-electron chi connectivity index (χ2n) is 5.92. The summed E-state index contributed by atoms with van der Waals surface area (Å²) >= 11 is 16.4. The van der Waals surface area contributed by atoms with Gasteiger partial charge in [0, 0.05) is 5.02 Å². The van der Waals surface area contributed by atoms with Crippen molar-refractivity contribution in [1.29, 1.82) is 0 Å². The number of rotatable bonds is 3. The van der Waals surface area contributed by atoms with Crippen LogP contribution in [0.2, 0.25) is 5.02 Å². The Hall–Kier alpha value is -1.80. The van der Waals surface area contributed by atoms with Crippen LogP contribution in [0.4, 0.5) is 0 Å². The van der Waals surface area contributed by atoms with Crippen molar-refractivity contribution in [3.05, 3.63) is 79.2 Å². The maximum atomic E-state index is 13.4. The van der Waals surface area contributed by atoms with Gasteiger partial charge in [0.2, 0.25) is 0 Å². The van der Waals surface area contributed by atoms with E-state index in [0.29, 0.717) is 30.5 Å². The van der Waals surface area contributed by atoms with Gasteiger partial charge in [0.25, 0.3) is 5.56 Å². The molecule has 0 saturated carbocycles. The van der Waals surface area contributed by atoms with Crippen molar-refractivity contribution in [3.63, 3.8) is 0 Å². The summed E-state index contributed by atoms with van der Waals surface area (Å²) in [4.78, 5) is 18.1. The molecule has 0 aliphatic rings. The fraction of sp³-hybridized carbons (Fsp3) is 0.105. The fourth-order valence-corrected chi connectivity index (χ4v) is 4.86. The predicted octanol–water partition coefficient (Wildman–Crippen LogP) is 5.82. The molecule has 0 bridgehead atoms. The summed E-state index contributed by atoms with van der Waals surface area (Å²) in [7, 11) is 0. The molecule has 4 nitrogen and oxygen atoms in total. The van der Waals surface area contributed by atoms with E-state index in [4.69, 9.17) is 28.8 Å². The van der Waals surface area contributed by atoms with Crippen LogP contribution in [0, 0.1) is 10.9 Å². The molecule has 0 aliphatic heterocycles. The third kappa shape index (κ3) is 3.18. The van der Waals surface area contributed by atoms with Crippen LogP contribution < -0.4 is 5.56 Å². The van der Waals surface area contributed by atoms with Crippen molar-refractivity contribution in [2.24, 2.45) is 0 Å². The molecule has 2 aromatic carbocycles. The number of hydrogen-bond acceptors (Lipinski definition) is 4. The zero-order valence-corrected chi connectivity index (χ0v) is 18.1. The standard InChI is InChI=1S/C19H13BrClN3OS2/c1-11-5-2-3-8-14(11)24-15(10-20)22-17-16(18(24)25)27-19(26)23(17)13-7-4-6-12(21)9-13/h2-9H,10H2,1H3. The van der Waals surface area contributed by atoms with Crippen LogP contribution in [-0.2, 0) is 5.33 Å². The number of benzene rings is 2. The Balaban J connectivity index is 2.09. The van der Waals surface area contributed by atoms with Gasteiger partial charge in [-0.1, -0.05) is 63.1 Å². The van der Waals surface area contributed by atoms with E-state index >= 15 is 0 Å². The Bertz CT molecular complexity index is 1290. The zero-order valence-electron chi connectivity index (χ0n) is 14.1. The minimum Gasteiger partial charge on any atom is -0.275 e. The highest BCUT2D eigenvalue weighted by Gasteiger charge is 2.18. The van der Waals surface area contributed by atoms with Gasteiger partial charge in [-0.25, -0.2) is 4.98 Å². The summed E-state index contributed by atoms with van der Waals surface area (Å²) in [6, 6.07) is 15.1. The molecule has 136 valence electrons. The first-order valence-electron chi connectivity index (χ1n) is 8.06. The number of aryl methyl sites for hydroxylation is 1. The zero-order chi connectivity index (χ0) is 19.1. The lowest BCUT2D eigenvalue weighted by atomic mass is 10.2. The molecule has 0 unspecified atom stereocenters. The van der Waals surface area contributed by atoms with E-state index in [0.717, 1.165) is 16.9 Å². The van der Waals surface area contributed by atoms with Crippen LogP contribution in [-0.4, -0.2) is 14.1 Å². The van der Waals surface area contributed by atoms with Crippen molar-refractivity contribution in [1.82, 2.24) is 14.1 Å². The topological polar surface area (TPSA) is 39.8 Å². The van der Waals surface area contributed by atoms with E-state index in [1.165, 1.54) is 11.3 Å². The minimum absolute atomic E-state index is 0.124. The molecule has 0 N–H and O–H groups in total. The van der Waals surface area contributed by atoms with E-state index in [1.54, 1.807) is 15.2 Å². The number of nitrogens with zero attached hydrogens (tertiary/aromatic N) is 3. The summed E-state index contributed by atoms with van der Waals surface area (Å²) in [5.41, 5.74) is 3.04. The SMILES string of the molecule is Cc1ccccc1-n1c(CBr)nc2c(sc(=S)n2-c2cccc(Cl)c2)c1=O. The van der Waals surface area contributed by atoms with E-state index in [-0.39, 0.29) is 5.56 Å². The molecule has 0 amide bonds. The molecule has 0 fully saturated rings. The van der Waals surface area contributed by atoms with Crippen LogP contribution >= 0.6 is 51.1 Å². The second-order valence-corrected chi connectivity index (χ2v) is 8.57. The molecule has 0 radical (unpaired) electrons. The summed E-state index contributed by atoms with van der Waals surface area (Å²) in [6.45, 7) is 1.98. The normalized spacial score (nSPS) is 11.2. The monoisotopic (exact) mass is 477 g/mol. The van der Waals surface area contributed by atoms with E-state index in [2.05, 4.69) is 15.9 Å². The molecule has 4 rings (SSSR count). The molecule has 4 aromatic rings. The Kier molecular flexibility index (Phi) is 5.03. The number of para-hydroxylation sites is 1. The Morgan fingerprint density at radius 3 is 2.67 bits per heavy atom. The van der Waals surface area contributed by atoms with E-state index in [9.17, 15) is 4.79 Å². The maximum absolute atomic E-state index is 13.4. The van der Waals surface area contributed by atoms with Crippen LogP contribution in [0.25, 0.3) is 21.7 Å². The van der Waals surface area contributed by atoms with Gasteiger partial charge in [0.1, 0.15) is 10.5 Å². The summed E-state index contributed by atoms with van der Waals surface area (Å²) in [5, 5.41) is 1.03. The third-order valence-electron chi connectivity index (χ3n) is 4.22. The number of thiazole rings is 1. The molecule has 2 aromatic heterocycles. The average molecular weight is 479 g/mol. The quantitative estimate of drug-likeness (QED) is 0.275. The van der Waals surface area contributed by atoms with E-state index < -0.39 is 0 Å². The molecule has 27 heavy (non-hydrogen) atoms. The van der Waals surface area contributed by atoms with Crippen LogP contribution in [0.5, 0.6) is 0 Å². The van der Waals surface area contributed by atoms with Gasteiger partial charge in [0.15, 0.2) is 9.60 Å². The van der Waals surface area contributed by atoms with Crippen LogP contribution in [0.1, 0.15) is 11.4 Å². The number of hydrogen-bond donors (Lipinski definition) is 0. The number of alkyl halides is 1. The maximum Gasteiger partial charge on any atom is 0.277 e. The van der Waals surface area contributed by atoms with Crippen molar-refractivity contribution in [2.45, 2.75) is 12.3 Å². The summed E-state index contributed by atoms with van der Waals surface area (Å²) in [6.07, 6.45) is 0. The molecule has 0 spiro atoms. The van der Waals surface area contributed by atoms with Crippen LogP contribution in [0.3, 0.4) is 0 Å². The first kappa shape index (κ1) is 18.6. The lowest BCUT2D eigenvalue weighted by Crippen LogP contribution is -2.23. The van der Waals surface area contributed by atoms with Gasteiger partial charge in [-0.15, -0.1) is 0 Å². The van der Waals surface area contributed by atoms with Crippen LogP contribution in [0.15, 0.2) is 53.3 Å². The van der Waals surface area contributed by atoms with Crippen molar-refractivity contribution in [2.75, 3.05) is 0 Å².